The SMILES string of the molecule is CC(=O)SO[Si](C)(C)C(C)(C)C. The van der Waals surface area contributed by atoms with Crippen LogP contribution in [0.25, 0.3) is 0 Å². The Bertz CT molecular complexity index is 172. The molecule has 0 spiro atoms. The van der Waals surface area contributed by atoms with Gasteiger partial charge in [0.2, 0.25) is 13.4 Å². The van der Waals surface area contributed by atoms with Crippen molar-refractivity contribution in [2.75, 3.05) is 0 Å². The molecule has 0 fully saturated rings. The van der Waals surface area contributed by atoms with Gasteiger partial charge in [0.15, 0.2) is 0 Å². The van der Waals surface area contributed by atoms with E-state index >= 15 is 0 Å². The minimum atomic E-state index is -1.73. The van der Waals surface area contributed by atoms with Crippen LogP contribution < -0.4 is 0 Å². The van der Waals surface area contributed by atoms with E-state index in [-0.39, 0.29) is 10.2 Å². The van der Waals surface area contributed by atoms with E-state index < -0.39 is 8.32 Å². The number of carbonyl (C=O) groups is 1. The first-order chi connectivity index (χ1) is 5.17. The van der Waals surface area contributed by atoms with Crippen molar-refractivity contribution in [3.05, 3.63) is 0 Å². The summed E-state index contributed by atoms with van der Waals surface area (Å²) in [5.41, 5.74) is 0. The molecule has 0 bridgehead atoms. The van der Waals surface area contributed by atoms with Crippen LogP contribution in [0.1, 0.15) is 27.7 Å². The molecule has 0 aliphatic heterocycles. The average Bonchev–Trinajstić information content (AvgIpc) is 1.81. The fourth-order valence-corrected chi connectivity index (χ4v) is 2.59. The van der Waals surface area contributed by atoms with Crippen LogP contribution in [0.4, 0.5) is 0 Å². The van der Waals surface area contributed by atoms with E-state index in [0.29, 0.717) is 0 Å². The van der Waals surface area contributed by atoms with Gasteiger partial charge in [-0.05, 0) is 18.1 Å². The highest BCUT2D eigenvalue weighted by Gasteiger charge is 2.38. The number of hydrogen-bond acceptors (Lipinski definition) is 3. The first-order valence-corrected chi connectivity index (χ1v) is 7.68. The molecular weight excluding hydrogens is 188 g/mol. The Morgan fingerprint density at radius 1 is 1.33 bits per heavy atom. The lowest BCUT2D eigenvalue weighted by Crippen LogP contribution is -2.38. The number of hydrogen-bond donors (Lipinski definition) is 0. The number of rotatable bonds is 2. The van der Waals surface area contributed by atoms with E-state index in [9.17, 15) is 4.79 Å². The van der Waals surface area contributed by atoms with Crippen LogP contribution in [-0.2, 0) is 8.67 Å². The maximum Gasteiger partial charge on any atom is 0.211 e. The summed E-state index contributed by atoms with van der Waals surface area (Å²) >= 11 is 0.988. The summed E-state index contributed by atoms with van der Waals surface area (Å²) in [7, 11) is -1.73. The van der Waals surface area contributed by atoms with Crippen LogP contribution in [0.15, 0.2) is 0 Å². The second kappa shape index (κ2) is 3.94. The molecular formula is C8H18O2SSi. The summed E-state index contributed by atoms with van der Waals surface area (Å²) in [4.78, 5) is 10.7. The standard InChI is InChI=1S/C8H18O2SSi/c1-7(9)11-10-12(5,6)8(2,3)4/h1-6H3. The van der Waals surface area contributed by atoms with Gasteiger partial charge in [-0.2, -0.15) is 0 Å². The molecule has 0 aromatic carbocycles. The molecule has 0 saturated heterocycles. The third-order valence-electron chi connectivity index (χ3n) is 2.17. The summed E-state index contributed by atoms with van der Waals surface area (Å²) in [6.07, 6.45) is 0. The zero-order chi connectivity index (χ0) is 9.99. The first-order valence-electron chi connectivity index (χ1n) is 4.03. The van der Waals surface area contributed by atoms with E-state index in [2.05, 4.69) is 33.9 Å². The van der Waals surface area contributed by atoms with Crippen molar-refractivity contribution in [3.8, 4) is 0 Å². The van der Waals surface area contributed by atoms with Gasteiger partial charge in [-0.15, -0.1) is 0 Å². The lowest BCUT2D eigenvalue weighted by atomic mass is 10.2. The zero-order valence-electron chi connectivity index (χ0n) is 8.72. The molecule has 4 heteroatoms. The molecule has 12 heavy (non-hydrogen) atoms. The van der Waals surface area contributed by atoms with Crippen molar-refractivity contribution < 1.29 is 8.67 Å². The van der Waals surface area contributed by atoms with Gasteiger partial charge in [0.25, 0.3) is 0 Å². The van der Waals surface area contributed by atoms with Crippen LogP contribution in [0.5, 0.6) is 0 Å². The normalized spacial score (nSPS) is 13.2. The fourth-order valence-electron chi connectivity index (χ4n) is 0.288. The monoisotopic (exact) mass is 206 g/mol. The Balaban J connectivity index is 4.14. The van der Waals surface area contributed by atoms with Gasteiger partial charge < -0.3 is 3.87 Å². The summed E-state index contributed by atoms with van der Waals surface area (Å²) < 4.78 is 5.56. The number of carbonyl (C=O) groups excluding carboxylic acids is 1. The van der Waals surface area contributed by atoms with E-state index in [1.165, 1.54) is 6.92 Å². The zero-order valence-corrected chi connectivity index (χ0v) is 10.5. The summed E-state index contributed by atoms with van der Waals surface area (Å²) in [6.45, 7) is 12.2. The minimum Gasteiger partial charge on any atom is -0.351 e. The van der Waals surface area contributed by atoms with Crippen molar-refractivity contribution >= 4 is 25.5 Å². The third-order valence-corrected chi connectivity index (χ3v) is 8.02. The third kappa shape index (κ3) is 3.73. The second-order valence-electron chi connectivity index (χ2n) is 4.42. The van der Waals surface area contributed by atoms with Gasteiger partial charge in [0.1, 0.15) is 0 Å². The van der Waals surface area contributed by atoms with Crippen molar-refractivity contribution in [3.63, 3.8) is 0 Å². The maximum absolute atomic E-state index is 10.7. The highest BCUT2D eigenvalue weighted by atomic mass is 32.2. The van der Waals surface area contributed by atoms with Gasteiger partial charge in [0, 0.05) is 6.92 Å². The Morgan fingerprint density at radius 2 is 1.75 bits per heavy atom. The topological polar surface area (TPSA) is 26.3 Å². The van der Waals surface area contributed by atoms with Crippen LogP contribution >= 0.6 is 12.0 Å². The van der Waals surface area contributed by atoms with Crippen molar-refractivity contribution in [1.29, 1.82) is 0 Å². The molecule has 0 rings (SSSR count). The van der Waals surface area contributed by atoms with E-state index in [4.69, 9.17) is 3.87 Å². The minimum absolute atomic E-state index is 0.0276. The Morgan fingerprint density at radius 3 is 2.00 bits per heavy atom. The molecule has 72 valence electrons. The van der Waals surface area contributed by atoms with E-state index in [1.54, 1.807) is 0 Å². The van der Waals surface area contributed by atoms with Crippen LogP contribution in [0.3, 0.4) is 0 Å². The van der Waals surface area contributed by atoms with Gasteiger partial charge in [-0.1, -0.05) is 20.8 Å². The quantitative estimate of drug-likeness (QED) is 0.512. The molecule has 0 amide bonds. The molecule has 0 aromatic rings. The van der Waals surface area contributed by atoms with Gasteiger partial charge in [0.05, 0.1) is 12.0 Å². The predicted octanol–water partition coefficient (Wildman–Crippen LogP) is 3.20. The van der Waals surface area contributed by atoms with Gasteiger partial charge in [-0.3, -0.25) is 4.79 Å². The van der Waals surface area contributed by atoms with Crippen LogP contribution in [0, 0.1) is 0 Å². The van der Waals surface area contributed by atoms with Crippen LogP contribution in [-0.4, -0.2) is 13.4 Å². The first kappa shape index (κ1) is 12.2. The smallest absolute Gasteiger partial charge is 0.211 e. The summed E-state index contributed by atoms with van der Waals surface area (Å²) in [6, 6.07) is 0. The largest absolute Gasteiger partial charge is 0.351 e. The van der Waals surface area contributed by atoms with E-state index in [0.717, 1.165) is 12.0 Å². The molecule has 0 heterocycles. The molecule has 0 unspecified atom stereocenters. The average molecular weight is 206 g/mol. The summed E-state index contributed by atoms with van der Waals surface area (Å²) in [5, 5.41) is 0.204. The molecule has 0 aliphatic carbocycles. The Kier molecular flexibility index (Phi) is 4.00. The van der Waals surface area contributed by atoms with Crippen molar-refractivity contribution in [2.24, 2.45) is 0 Å². The molecule has 0 aliphatic rings. The molecule has 2 nitrogen and oxygen atoms in total. The van der Waals surface area contributed by atoms with E-state index in [1.807, 2.05) is 0 Å². The fraction of sp³-hybridized carbons (Fsp3) is 0.875. The Labute approximate surface area is 80.4 Å². The predicted molar refractivity (Wildman–Crippen MR) is 56.6 cm³/mol. The van der Waals surface area contributed by atoms with Gasteiger partial charge >= 0.3 is 0 Å². The molecule has 0 aromatic heterocycles. The highest BCUT2D eigenvalue weighted by Crippen LogP contribution is 2.38. The lowest BCUT2D eigenvalue weighted by molar-refractivity contribution is -0.109. The molecule has 0 saturated carbocycles. The molecule has 0 radical (unpaired) electrons. The lowest BCUT2D eigenvalue weighted by Gasteiger charge is -2.34. The maximum atomic E-state index is 10.7. The second-order valence-corrected chi connectivity index (χ2v) is 10.3. The van der Waals surface area contributed by atoms with Crippen LogP contribution in [0.2, 0.25) is 18.1 Å². The van der Waals surface area contributed by atoms with Crippen molar-refractivity contribution in [2.45, 2.75) is 45.8 Å². The molecule has 0 atom stereocenters. The summed E-state index contributed by atoms with van der Waals surface area (Å²) in [5.74, 6) is 0. The Hall–Kier alpha value is 0.197. The van der Waals surface area contributed by atoms with Gasteiger partial charge in [-0.25, -0.2) is 0 Å². The molecule has 0 N–H and O–H groups in total. The highest BCUT2D eigenvalue weighted by molar-refractivity contribution is 8.10. The van der Waals surface area contributed by atoms with Crippen molar-refractivity contribution in [1.82, 2.24) is 0 Å².